The molecule has 1 aromatic heterocycles. The van der Waals surface area contributed by atoms with Crippen molar-refractivity contribution in [3.05, 3.63) is 23.9 Å². The van der Waals surface area contributed by atoms with Gasteiger partial charge < -0.3 is 19.1 Å². The number of benzene rings is 1. The molecule has 2 aliphatic rings. The fourth-order valence-electron chi connectivity index (χ4n) is 3.13. The number of carbonyl (C=O) groups excluding carboxylic acids is 1. The summed E-state index contributed by atoms with van der Waals surface area (Å²) in [4.78, 5) is 18.9. The van der Waals surface area contributed by atoms with Gasteiger partial charge in [0.15, 0.2) is 17.2 Å². The second kappa shape index (κ2) is 5.61. The van der Waals surface area contributed by atoms with Gasteiger partial charge in [0.1, 0.15) is 0 Å². The highest BCUT2D eigenvalue weighted by Gasteiger charge is 2.22. The lowest BCUT2D eigenvalue weighted by Crippen LogP contribution is -2.19. The third-order valence-electron chi connectivity index (χ3n) is 4.21. The van der Waals surface area contributed by atoms with Crippen LogP contribution in [0.25, 0.3) is 10.9 Å². The van der Waals surface area contributed by atoms with E-state index in [4.69, 9.17) is 14.2 Å². The number of esters is 1. The molecule has 6 heteroatoms. The molecule has 1 saturated heterocycles. The minimum Gasteiger partial charge on any atom is -0.461 e. The Morgan fingerprint density at radius 2 is 1.96 bits per heavy atom. The van der Waals surface area contributed by atoms with Gasteiger partial charge in [0, 0.05) is 30.2 Å². The van der Waals surface area contributed by atoms with Crippen molar-refractivity contribution in [3.63, 3.8) is 0 Å². The monoisotopic (exact) mass is 314 g/mol. The second-order valence-corrected chi connectivity index (χ2v) is 5.66. The summed E-state index contributed by atoms with van der Waals surface area (Å²) >= 11 is 0. The zero-order valence-corrected chi connectivity index (χ0v) is 13.0. The van der Waals surface area contributed by atoms with E-state index in [1.165, 1.54) is 0 Å². The Morgan fingerprint density at radius 3 is 2.70 bits per heavy atom. The number of pyridine rings is 1. The molecule has 2 aromatic rings. The topological polar surface area (TPSA) is 60.9 Å². The quantitative estimate of drug-likeness (QED) is 0.812. The Bertz CT molecular complexity index is 769. The third kappa shape index (κ3) is 2.44. The third-order valence-corrected chi connectivity index (χ3v) is 4.21. The van der Waals surface area contributed by atoms with Gasteiger partial charge >= 0.3 is 5.97 Å². The van der Waals surface area contributed by atoms with Crippen LogP contribution in [0.4, 0.5) is 5.69 Å². The lowest BCUT2D eigenvalue weighted by atomic mass is 10.1. The number of aromatic nitrogens is 1. The SMILES string of the molecule is CCOC(=O)c1cc(N2CCCC2)c2cc3c(cc2n1)OCO3. The molecule has 3 heterocycles. The number of nitrogens with zero attached hydrogens (tertiary/aromatic N) is 2. The number of anilines is 1. The first-order chi connectivity index (χ1) is 11.3. The molecule has 120 valence electrons. The molecule has 1 aromatic carbocycles. The minimum absolute atomic E-state index is 0.218. The van der Waals surface area contributed by atoms with E-state index in [0.29, 0.717) is 18.1 Å². The molecular formula is C17H18N2O4. The summed E-state index contributed by atoms with van der Waals surface area (Å²) in [6, 6.07) is 5.61. The molecule has 0 radical (unpaired) electrons. The van der Waals surface area contributed by atoms with Crippen molar-refractivity contribution in [1.82, 2.24) is 4.98 Å². The summed E-state index contributed by atoms with van der Waals surface area (Å²) in [5.41, 5.74) is 2.07. The molecule has 23 heavy (non-hydrogen) atoms. The smallest absolute Gasteiger partial charge is 0.357 e. The van der Waals surface area contributed by atoms with Crippen LogP contribution in [-0.2, 0) is 4.74 Å². The number of ether oxygens (including phenoxy) is 3. The van der Waals surface area contributed by atoms with E-state index in [2.05, 4.69) is 9.88 Å². The average Bonchev–Trinajstić information content (AvgIpc) is 3.23. The van der Waals surface area contributed by atoms with Gasteiger partial charge in [0.05, 0.1) is 12.1 Å². The summed E-state index contributed by atoms with van der Waals surface area (Å²) in [5, 5.41) is 0.976. The lowest BCUT2D eigenvalue weighted by Gasteiger charge is -2.20. The van der Waals surface area contributed by atoms with Crippen LogP contribution in [0.3, 0.4) is 0 Å². The van der Waals surface area contributed by atoms with E-state index >= 15 is 0 Å². The molecule has 2 aliphatic heterocycles. The van der Waals surface area contributed by atoms with Crippen molar-refractivity contribution < 1.29 is 19.0 Å². The van der Waals surface area contributed by atoms with Gasteiger partial charge in [0.25, 0.3) is 0 Å². The summed E-state index contributed by atoms with van der Waals surface area (Å²) in [6.45, 7) is 4.30. The van der Waals surface area contributed by atoms with Gasteiger partial charge in [-0.25, -0.2) is 9.78 Å². The van der Waals surface area contributed by atoms with Crippen molar-refractivity contribution >= 4 is 22.6 Å². The van der Waals surface area contributed by atoms with Crippen LogP contribution in [-0.4, -0.2) is 37.4 Å². The zero-order valence-electron chi connectivity index (χ0n) is 13.0. The maximum atomic E-state index is 12.1. The fraction of sp³-hybridized carbons (Fsp3) is 0.412. The molecule has 0 unspecified atom stereocenters. The van der Waals surface area contributed by atoms with E-state index in [-0.39, 0.29) is 6.79 Å². The maximum Gasteiger partial charge on any atom is 0.357 e. The van der Waals surface area contributed by atoms with E-state index in [1.807, 2.05) is 18.2 Å². The van der Waals surface area contributed by atoms with Gasteiger partial charge in [-0.2, -0.15) is 0 Å². The van der Waals surface area contributed by atoms with E-state index in [9.17, 15) is 4.79 Å². The molecule has 0 spiro atoms. The molecule has 0 bridgehead atoms. The highest BCUT2D eigenvalue weighted by atomic mass is 16.7. The van der Waals surface area contributed by atoms with Crippen LogP contribution in [0, 0.1) is 0 Å². The highest BCUT2D eigenvalue weighted by molar-refractivity contribution is 5.99. The molecule has 0 atom stereocenters. The van der Waals surface area contributed by atoms with Crippen LogP contribution in [0.15, 0.2) is 18.2 Å². The van der Waals surface area contributed by atoms with Crippen molar-refractivity contribution in [1.29, 1.82) is 0 Å². The van der Waals surface area contributed by atoms with Gasteiger partial charge in [-0.15, -0.1) is 0 Å². The Morgan fingerprint density at radius 1 is 1.22 bits per heavy atom. The molecule has 0 saturated carbocycles. The highest BCUT2D eigenvalue weighted by Crippen LogP contribution is 2.39. The van der Waals surface area contributed by atoms with E-state index in [1.54, 1.807) is 6.92 Å². The predicted molar refractivity (Wildman–Crippen MR) is 85.3 cm³/mol. The van der Waals surface area contributed by atoms with E-state index in [0.717, 1.165) is 48.3 Å². The number of fused-ring (bicyclic) bond motifs is 2. The van der Waals surface area contributed by atoms with Crippen molar-refractivity contribution in [2.45, 2.75) is 19.8 Å². The predicted octanol–water partition coefficient (Wildman–Crippen LogP) is 2.74. The zero-order chi connectivity index (χ0) is 15.8. The Balaban J connectivity index is 1.89. The summed E-state index contributed by atoms with van der Waals surface area (Å²) < 4.78 is 16.0. The normalized spacial score (nSPS) is 16.1. The maximum absolute atomic E-state index is 12.1. The number of rotatable bonds is 3. The van der Waals surface area contributed by atoms with Gasteiger partial charge in [0.2, 0.25) is 6.79 Å². The molecule has 4 rings (SSSR count). The van der Waals surface area contributed by atoms with Crippen LogP contribution < -0.4 is 14.4 Å². The Labute approximate surface area is 134 Å². The lowest BCUT2D eigenvalue weighted by molar-refractivity contribution is 0.0520. The summed E-state index contributed by atoms with van der Waals surface area (Å²) in [5.74, 6) is 0.995. The van der Waals surface area contributed by atoms with Crippen LogP contribution in [0.1, 0.15) is 30.3 Å². The Kier molecular flexibility index (Phi) is 3.44. The molecular weight excluding hydrogens is 296 g/mol. The first-order valence-corrected chi connectivity index (χ1v) is 7.92. The summed E-state index contributed by atoms with van der Waals surface area (Å²) in [7, 11) is 0. The van der Waals surface area contributed by atoms with Crippen molar-refractivity contribution in [2.75, 3.05) is 31.4 Å². The first kappa shape index (κ1) is 14.1. The fourth-order valence-corrected chi connectivity index (χ4v) is 3.13. The van der Waals surface area contributed by atoms with Crippen molar-refractivity contribution in [3.8, 4) is 11.5 Å². The van der Waals surface area contributed by atoms with E-state index < -0.39 is 5.97 Å². The average molecular weight is 314 g/mol. The first-order valence-electron chi connectivity index (χ1n) is 7.92. The van der Waals surface area contributed by atoms with Crippen LogP contribution in [0.2, 0.25) is 0 Å². The van der Waals surface area contributed by atoms with Crippen LogP contribution in [0.5, 0.6) is 11.5 Å². The van der Waals surface area contributed by atoms with Crippen molar-refractivity contribution in [2.24, 2.45) is 0 Å². The second-order valence-electron chi connectivity index (χ2n) is 5.66. The molecule has 6 nitrogen and oxygen atoms in total. The molecule has 0 N–H and O–H groups in total. The summed E-state index contributed by atoms with van der Waals surface area (Å²) in [6.07, 6.45) is 2.31. The number of hydrogen-bond donors (Lipinski definition) is 0. The number of carbonyl (C=O) groups is 1. The number of hydrogen-bond acceptors (Lipinski definition) is 6. The molecule has 0 aliphatic carbocycles. The van der Waals surface area contributed by atoms with Gasteiger partial charge in [-0.1, -0.05) is 0 Å². The molecule has 1 fully saturated rings. The minimum atomic E-state index is -0.396. The largest absolute Gasteiger partial charge is 0.461 e. The molecule has 0 amide bonds. The van der Waals surface area contributed by atoms with Crippen LogP contribution >= 0.6 is 0 Å². The standard InChI is InChI=1S/C17H18N2O4/c1-2-21-17(20)13-8-14(19-5-3-4-6-19)11-7-15-16(23-10-22-15)9-12(11)18-13/h7-9H,2-6,10H2,1H3. The Hall–Kier alpha value is -2.50. The van der Waals surface area contributed by atoms with Gasteiger partial charge in [-0.05, 0) is 31.9 Å². The van der Waals surface area contributed by atoms with Gasteiger partial charge in [-0.3, -0.25) is 0 Å².